The Labute approximate surface area is 130 Å². The Morgan fingerprint density at radius 2 is 1.24 bits per heavy atom. The molecule has 21 heavy (non-hydrogen) atoms. The summed E-state index contributed by atoms with van der Waals surface area (Å²) in [6, 6.07) is 0. The second kappa shape index (κ2) is 15.5. The molecule has 0 atom stereocenters. The van der Waals surface area contributed by atoms with Gasteiger partial charge in [0.05, 0.1) is 6.61 Å². The van der Waals surface area contributed by atoms with Crippen LogP contribution in [0.2, 0.25) is 0 Å². The maximum Gasteiger partial charge on any atom is 0.305 e. The van der Waals surface area contributed by atoms with Gasteiger partial charge in [-0.15, -0.1) is 0 Å². The fraction of sp³-hybridized carbons (Fsp3) is 0.889. The van der Waals surface area contributed by atoms with Crippen LogP contribution in [0.15, 0.2) is 0 Å². The van der Waals surface area contributed by atoms with Gasteiger partial charge in [0.25, 0.3) is 0 Å². The lowest BCUT2D eigenvalue weighted by atomic mass is 10.1. The number of hydrogen-bond acceptors (Lipinski definition) is 3. The van der Waals surface area contributed by atoms with Crippen LogP contribution in [-0.4, -0.2) is 18.4 Å². The fourth-order valence-corrected chi connectivity index (χ4v) is 2.27. The number of carbonyl (C=O) groups excluding carboxylic acids is 2. The molecule has 0 spiro atoms. The molecule has 0 aromatic heterocycles. The van der Waals surface area contributed by atoms with Crippen molar-refractivity contribution < 1.29 is 14.3 Å². The summed E-state index contributed by atoms with van der Waals surface area (Å²) in [6.07, 6.45) is 12.6. The third-order valence-electron chi connectivity index (χ3n) is 3.66. The van der Waals surface area contributed by atoms with E-state index in [0.29, 0.717) is 38.1 Å². The molecule has 0 rings (SSSR count). The molecule has 0 bridgehead atoms. The Morgan fingerprint density at radius 1 is 0.667 bits per heavy atom. The van der Waals surface area contributed by atoms with Gasteiger partial charge in [-0.2, -0.15) is 0 Å². The molecule has 0 amide bonds. The molecule has 0 unspecified atom stereocenters. The van der Waals surface area contributed by atoms with Crippen molar-refractivity contribution in [3.63, 3.8) is 0 Å². The van der Waals surface area contributed by atoms with Gasteiger partial charge in [-0.3, -0.25) is 9.59 Å². The van der Waals surface area contributed by atoms with Crippen LogP contribution in [0.4, 0.5) is 0 Å². The van der Waals surface area contributed by atoms with E-state index in [0.717, 1.165) is 25.7 Å². The van der Waals surface area contributed by atoms with Crippen molar-refractivity contribution in [1.82, 2.24) is 0 Å². The lowest BCUT2D eigenvalue weighted by Crippen LogP contribution is -2.07. The van der Waals surface area contributed by atoms with Gasteiger partial charge in [0.15, 0.2) is 0 Å². The predicted molar refractivity (Wildman–Crippen MR) is 87.3 cm³/mol. The molecule has 0 aromatic rings. The van der Waals surface area contributed by atoms with Crippen molar-refractivity contribution in [2.45, 2.75) is 97.3 Å². The average molecular weight is 298 g/mol. The highest BCUT2D eigenvalue weighted by Gasteiger charge is 2.06. The zero-order chi connectivity index (χ0) is 15.8. The molecule has 0 fully saturated rings. The van der Waals surface area contributed by atoms with Crippen LogP contribution in [0, 0.1) is 0 Å². The van der Waals surface area contributed by atoms with E-state index in [-0.39, 0.29) is 5.97 Å². The largest absolute Gasteiger partial charge is 0.466 e. The molecule has 0 radical (unpaired) electrons. The summed E-state index contributed by atoms with van der Waals surface area (Å²) < 4.78 is 5.17. The number of Topliss-reactive ketones (excluding diaryl/α,β-unsaturated/α-hetero) is 1. The monoisotopic (exact) mass is 298 g/mol. The first-order valence-electron chi connectivity index (χ1n) is 8.88. The highest BCUT2D eigenvalue weighted by atomic mass is 16.5. The molecule has 124 valence electrons. The fourth-order valence-electron chi connectivity index (χ4n) is 2.27. The smallest absolute Gasteiger partial charge is 0.305 e. The molecular formula is C18H34O3. The molecule has 0 saturated carbocycles. The van der Waals surface area contributed by atoms with Gasteiger partial charge >= 0.3 is 5.97 Å². The highest BCUT2D eigenvalue weighted by molar-refractivity contribution is 5.79. The molecule has 3 nitrogen and oxygen atoms in total. The third-order valence-corrected chi connectivity index (χ3v) is 3.66. The van der Waals surface area contributed by atoms with E-state index in [1.807, 2.05) is 0 Å². The Kier molecular flexibility index (Phi) is 14.9. The van der Waals surface area contributed by atoms with Gasteiger partial charge in [0, 0.05) is 19.3 Å². The Hall–Kier alpha value is -0.860. The Balaban J connectivity index is 3.34. The van der Waals surface area contributed by atoms with Crippen molar-refractivity contribution in [2.24, 2.45) is 0 Å². The average Bonchev–Trinajstić information content (AvgIpc) is 2.47. The van der Waals surface area contributed by atoms with Crippen molar-refractivity contribution in [3.8, 4) is 0 Å². The SMILES string of the molecule is CCCCCCCOC(=O)CCCC(=O)CCCCCC. The number of carbonyl (C=O) groups is 2. The number of unbranched alkanes of at least 4 members (excludes halogenated alkanes) is 7. The van der Waals surface area contributed by atoms with E-state index in [2.05, 4.69) is 13.8 Å². The van der Waals surface area contributed by atoms with E-state index >= 15 is 0 Å². The van der Waals surface area contributed by atoms with E-state index in [4.69, 9.17) is 4.74 Å². The molecule has 0 aliphatic rings. The molecular weight excluding hydrogens is 264 g/mol. The van der Waals surface area contributed by atoms with Crippen molar-refractivity contribution >= 4 is 11.8 Å². The summed E-state index contributed by atoms with van der Waals surface area (Å²) >= 11 is 0. The van der Waals surface area contributed by atoms with Crippen molar-refractivity contribution in [3.05, 3.63) is 0 Å². The number of rotatable bonds is 15. The summed E-state index contributed by atoms with van der Waals surface area (Å²) in [5, 5.41) is 0. The predicted octanol–water partition coefficient (Wildman–Crippen LogP) is 5.21. The quantitative estimate of drug-likeness (QED) is 0.308. The standard InChI is InChI=1S/C18H34O3/c1-3-5-7-9-11-16-21-18(20)15-12-14-17(19)13-10-8-6-4-2/h3-16H2,1-2H3. The van der Waals surface area contributed by atoms with E-state index in [1.54, 1.807) is 0 Å². The Morgan fingerprint density at radius 3 is 1.90 bits per heavy atom. The molecule has 3 heteroatoms. The minimum Gasteiger partial charge on any atom is -0.466 e. The van der Waals surface area contributed by atoms with Gasteiger partial charge in [-0.05, 0) is 19.3 Å². The first-order chi connectivity index (χ1) is 10.2. The maximum atomic E-state index is 11.6. The van der Waals surface area contributed by atoms with Crippen LogP contribution in [0.1, 0.15) is 97.3 Å². The first-order valence-corrected chi connectivity index (χ1v) is 8.88. The molecule has 0 heterocycles. The highest BCUT2D eigenvalue weighted by Crippen LogP contribution is 2.08. The van der Waals surface area contributed by atoms with Gasteiger partial charge in [0.2, 0.25) is 0 Å². The van der Waals surface area contributed by atoms with Crippen LogP contribution in [0.5, 0.6) is 0 Å². The first kappa shape index (κ1) is 20.1. The molecule has 0 aliphatic heterocycles. The van der Waals surface area contributed by atoms with Crippen LogP contribution in [-0.2, 0) is 14.3 Å². The number of esters is 1. The summed E-state index contributed by atoms with van der Waals surface area (Å²) in [6.45, 7) is 4.88. The molecule has 0 aromatic carbocycles. The zero-order valence-corrected chi connectivity index (χ0v) is 14.1. The van der Waals surface area contributed by atoms with E-state index in [1.165, 1.54) is 32.1 Å². The summed E-state index contributed by atoms with van der Waals surface area (Å²) in [5.74, 6) is 0.141. The van der Waals surface area contributed by atoms with Crippen LogP contribution in [0.3, 0.4) is 0 Å². The minimum atomic E-state index is -0.149. The second-order valence-electron chi connectivity index (χ2n) is 5.84. The summed E-state index contributed by atoms with van der Waals surface area (Å²) in [5.41, 5.74) is 0. The van der Waals surface area contributed by atoms with Gasteiger partial charge in [0.1, 0.15) is 5.78 Å². The number of ether oxygens (including phenoxy) is 1. The van der Waals surface area contributed by atoms with Gasteiger partial charge in [-0.1, -0.05) is 58.8 Å². The normalized spacial score (nSPS) is 10.6. The minimum absolute atomic E-state index is 0.149. The lowest BCUT2D eigenvalue weighted by molar-refractivity contribution is -0.143. The van der Waals surface area contributed by atoms with Crippen molar-refractivity contribution in [1.29, 1.82) is 0 Å². The summed E-state index contributed by atoms with van der Waals surface area (Å²) in [7, 11) is 0. The number of hydrogen-bond donors (Lipinski definition) is 0. The number of ketones is 1. The maximum absolute atomic E-state index is 11.6. The topological polar surface area (TPSA) is 43.4 Å². The second-order valence-corrected chi connectivity index (χ2v) is 5.84. The molecule has 0 N–H and O–H groups in total. The van der Waals surface area contributed by atoms with Crippen molar-refractivity contribution in [2.75, 3.05) is 6.61 Å². The molecule has 0 saturated heterocycles. The molecule has 0 aliphatic carbocycles. The van der Waals surface area contributed by atoms with Crippen LogP contribution in [0.25, 0.3) is 0 Å². The van der Waals surface area contributed by atoms with Gasteiger partial charge < -0.3 is 4.74 Å². The van der Waals surface area contributed by atoms with Crippen LogP contribution >= 0.6 is 0 Å². The summed E-state index contributed by atoms with van der Waals surface area (Å²) in [4.78, 5) is 23.1. The van der Waals surface area contributed by atoms with E-state index < -0.39 is 0 Å². The van der Waals surface area contributed by atoms with Gasteiger partial charge in [-0.25, -0.2) is 0 Å². The van der Waals surface area contributed by atoms with E-state index in [9.17, 15) is 9.59 Å². The lowest BCUT2D eigenvalue weighted by Gasteiger charge is -2.05. The zero-order valence-electron chi connectivity index (χ0n) is 14.1. The van der Waals surface area contributed by atoms with Crippen LogP contribution < -0.4 is 0 Å². The Bertz CT molecular complexity index is 261. The third kappa shape index (κ3) is 15.3.